The van der Waals surface area contributed by atoms with Crippen LogP contribution in [0.4, 0.5) is 6.01 Å². The predicted octanol–water partition coefficient (Wildman–Crippen LogP) is 1.23. The highest BCUT2D eigenvalue weighted by atomic mass is 16.5. The maximum absolute atomic E-state index is 5.97. The summed E-state index contributed by atoms with van der Waals surface area (Å²) in [6, 6.07) is 0.617. The monoisotopic (exact) mass is 346 g/mol. The summed E-state index contributed by atoms with van der Waals surface area (Å²) in [5.41, 5.74) is 1.37. The van der Waals surface area contributed by atoms with Crippen molar-refractivity contribution < 1.29 is 9.15 Å². The maximum atomic E-state index is 5.97. The lowest BCUT2D eigenvalue weighted by Gasteiger charge is -2.43. The van der Waals surface area contributed by atoms with E-state index < -0.39 is 0 Å². The van der Waals surface area contributed by atoms with Crippen LogP contribution in [0.3, 0.4) is 0 Å². The van der Waals surface area contributed by atoms with Crippen LogP contribution >= 0.6 is 0 Å². The molecule has 2 fully saturated rings. The lowest BCUT2D eigenvalue weighted by Crippen LogP contribution is -2.50. The molecule has 25 heavy (non-hydrogen) atoms. The van der Waals surface area contributed by atoms with Crippen LogP contribution in [-0.2, 0) is 18.3 Å². The van der Waals surface area contributed by atoms with Crippen molar-refractivity contribution in [1.82, 2.24) is 24.9 Å². The molecule has 8 heteroatoms. The second-order valence-electron chi connectivity index (χ2n) is 7.41. The SMILES string of the molecule is Cc1nnc(N2CCOCC3(CCCN(Cc4cnn(C)c4)C3)C2)o1. The normalized spacial score (nSPS) is 25.4. The largest absolute Gasteiger partial charge is 0.408 e. The van der Waals surface area contributed by atoms with Gasteiger partial charge in [-0.05, 0) is 19.4 Å². The number of ether oxygens (including phenoxy) is 1. The van der Waals surface area contributed by atoms with Gasteiger partial charge in [-0.2, -0.15) is 5.10 Å². The van der Waals surface area contributed by atoms with E-state index in [-0.39, 0.29) is 5.41 Å². The smallest absolute Gasteiger partial charge is 0.318 e. The number of anilines is 1. The van der Waals surface area contributed by atoms with Crippen LogP contribution in [0, 0.1) is 12.3 Å². The van der Waals surface area contributed by atoms with Gasteiger partial charge in [0.15, 0.2) is 0 Å². The highest BCUT2D eigenvalue weighted by Crippen LogP contribution is 2.34. The Morgan fingerprint density at radius 3 is 2.92 bits per heavy atom. The van der Waals surface area contributed by atoms with Gasteiger partial charge in [0.25, 0.3) is 0 Å². The van der Waals surface area contributed by atoms with Gasteiger partial charge in [0.2, 0.25) is 5.89 Å². The van der Waals surface area contributed by atoms with Crippen LogP contribution in [0.1, 0.15) is 24.3 Å². The third kappa shape index (κ3) is 3.69. The Morgan fingerprint density at radius 1 is 1.24 bits per heavy atom. The molecule has 0 N–H and O–H groups in total. The molecule has 4 heterocycles. The topological polar surface area (TPSA) is 72.5 Å². The van der Waals surface area contributed by atoms with Crippen molar-refractivity contribution >= 4 is 6.01 Å². The molecule has 2 aromatic rings. The maximum Gasteiger partial charge on any atom is 0.318 e. The Labute approximate surface area is 147 Å². The number of hydrogen-bond donors (Lipinski definition) is 0. The number of likely N-dealkylation sites (tertiary alicyclic amines) is 1. The lowest BCUT2D eigenvalue weighted by molar-refractivity contribution is 0.0105. The lowest BCUT2D eigenvalue weighted by atomic mass is 9.80. The minimum Gasteiger partial charge on any atom is -0.408 e. The predicted molar refractivity (Wildman–Crippen MR) is 92.2 cm³/mol. The van der Waals surface area contributed by atoms with Gasteiger partial charge in [-0.3, -0.25) is 9.58 Å². The average molecular weight is 346 g/mol. The molecule has 2 aliphatic heterocycles. The van der Waals surface area contributed by atoms with E-state index >= 15 is 0 Å². The van der Waals surface area contributed by atoms with Gasteiger partial charge >= 0.3 is 6.01 Å². The minimum atomic E-state index is 0.110. The molecule has 2 aromatic heterocycles. The Hall–Kier alpha value is -1.93. The molecule has 1 unspecified atom stereocenters. The van der Waals surface area contributed by atoms with Crippen molar-refractivity contribution in [3.63, 3.8) is 0 Å². The fourth-order valence-corrected chi connectivity index (χ4v) is 4.07. The Morgan fingerprint density at radius 2 is 2.16 bits per heavy atom. The summed E-state index contributed by atoms with van der Waals surface area (Å²) < 4.78 is 13.5. The summed E-state index contributed by atoms with van der Waals surface area (Å²) in [6.07, 6.45) is 6.40. The standard InChI is InChI=1S/C17H26N6O2/c1-14-19-20-16(25-14)23-6-7-24-13-17(12-23)4-3-5-22(11-17)10-15-8-18-21(2)9-15/h8-9H,3-7,10-13H2,1-2H3. The number of hydrogen-bond acceptors (Lipinski definition) is 7. The molecule has 1 atom stereocenters. The van der Waals surface area contributed by atoms with Crippen LogP contribution in [0.15, 0.2) is 16.8 Å². The van der Waals surface area contributed by atoms with E-state index in [1.54, 1.807) is 0 Å². The molecule has 0 amide bonds. The van der Waals surface area contributed by atoms with Crippen molar-refractivity contribution in [2.75, 3.05) is 44.3 Å². The molecule has 136 valence electrons. The zero-order chi connectivity index (χ0) is 17.3. The molecule has 0 aromatic carbocycles. The van der Waals surface area contributed by atoms with E-state index in [1.165, 1.54) is 18.4 Å². The molecule has 0 saturated carbocycles. The molecular weight excluding hydrogens is 320 g/mol. The van der Waals surface area contributed by atoms with E-state index in [2.05, 4.69) is 31.3 Å². The molecular formula is C17H26N6O2. The number of nitrogens with zero attached hydrogens (tertiary/aromatic N) is 6. The van der Waals surface area contributed by atoms with Gasteiger partial charge in [-0.15, -0.1) is 5.10 Å². The quantitative estimate of drug-likeness (QED) is 0.828. The number of aromatic nitrogens is 4. The summed E-state index contributed by atoms with van der Waals surface area (Å²) in [6.45, 7) is 8.10. The zero-order valence-corrected chi connectivity index (χ0v) is 15.0. The summed E-state index contributed by atoms with van der Waals surface area (Å²) >= 11 is 0. The first kappa shape index (κ1) is 16.5. The summed E-state index contributed by atoms with van der Waals surface area (Å²) in [4.78, 5) is 4.72. The van der Waals surface area contributed by atoms with Crippen molar-refractivity contribution in [3.05, 3.63) is 23.8 Å². The Kier molecular flexibility index (Phi) is 4.47. The Bertz CT molecular complexity index is 714. The first-order chi connectivity index (χ1) is 12.1. The zero-order valence-electron chi connectivity index (χ0n) is 15.0. The second-order valence-corrected chi connectivity index (χ2v) is 7.41. The van der Waals surface area contributed by atoms with Gasteiger partial charge in [0.05, 0.1) is 19.4 Å². The molecule has 1 spiro atoms. The second kappa shape index (κ2) is 6.76. The van der Waals surface area contributed by atoms with Gasteiger partial charge in [-0.1, -0.05) is 5.10 Å². The van der Waals surface area contributed by atoms with E-state index in [4.69, 9.17) is 9.15 Å². The summed E-state index contributed by atoms with van der Waals surface area (Å²) in [7, 11) is 1.96. The molecule has 4 rings (SSSR count). The molecule has 0 radical (unpaired) electrons. The molecule has 2 saturated heterocycles. The molecule has 0 bridgehead atoms. The van der Waals surface area contributed by atoms with Crippen molar-refractivity contribution in [3.8, 4) is 0 Å². The first-order valence-electron chi connectivity index (χ1n) is 8.95. The molecule has 8 nitrogen and oxygen atoms in total. The molecule has 0 aliphatic carbocycles. The summed E-state index contributed by atoms with van der Waals surface area (Å²) in [5, 5.41) is 12.5. The highest BCUT2D eigenvalue weighted by Gasteiger charge is 2.40. The van der Waals surface area contributed by atoms with E-state index in [0.29, 0.717) is 18.5 Å². The van der Waals surface area contributed by atoms with E-state index in [0.717, 1.165) is 39.3 Å². The van der Waals surface area contributed by atoms with Crippen molar-refractivity contribution in [2.24, 2.45) is 12.5 Å². The van der Waals surface area contributed by atoms with Gasteiger partial charge in [0, 0.05) is 57.3 Å². The van der Waals surface area contributed by atoms with Crippen LogP contribution in [0.5, 0.6) is 0 Å². The third-order valence-corrected chi connectivity index (χ3v) is 5.13. The Balaban J connectivity index is 1.48. The number of aryl methyl sites for hydroxylation is 2. The number of rotatable bonds is 3. The summed E-state index contributed by atoms with van der Waals surface area (Å²) in [5.74, 6) is 0.607. The van der Waals surface area contributed by atoms with Gasteiger partial charge in [0.1, 0.15) is 0 Å². The third-order valence-electron chi connectivity index (χ3n) is 5.13. The van der Waals surface area contributed by atoms with Crippen LogP contribution in [0.2, 0.25) is 0 Å². The minimum absolute atomic E-state index is 0.110. The van der Waals surface area contributed by atoms with Gasteiger partial charge in [-0.25, -0.2) is 0 Å². The molecule has 2 aliphatic rings. The van der Waals surface area contributed by atoms with Crippen LogP contribution in [-0.4, -0.2) is 64.3 Å². The van der Waals surface area contributed by atoms with E-state index in [1.807, 2.05) is 24.9 Å². The van der Waals surface area contributed by atoms with Crippen LogP contribution in [0.25, 0.3) is 0 Å². The van der Waals surface area contributed by atoms with Gasteiger partial charge < -0.3 is 14.1 Å². The van der Waals surface area contributed by atoms with E-state index in [9.17, 15) is 0 Å². The average Bonchev–Trinajstić information content (AvgIpc) is 3.14. The highest BCUT2D eigenvalue weighted by molar-refractivity contribution is 5.26. The first-order valence-corrected chi connectivity index (χ1v) is 8.95. The van der Waals surface area contributed by atoms with Crippen molar-refractivity contribution in [1.29, 1.82) is 0 Å². The van der Waals surface area contributed by atoms with Crippen molar-refractivity contribution in [2.45, 2.75) is 26.3 Å². The fourth-order valence-electron chi connectivity index (χ4n) is 4.07. The number of piperidine rings is 1. The van der Waals surface area contributed by atoms with Crippen LogP contribution < -0.4 is 4.90 Å². The fraction of sp³-hybridized carbons (Fsp3) is 0.706.